The molecule has 7 heteroatoms. The topological polar surface area (TPSA) is 69.9 Å². The van der Waals surface area contributed by atoms with Crippen molar-refractivity contribution in [1.82, 2.24) is 0 Å². The van der Waals surface area contributed by atoms with Crippen LogP contribution in [0, 0.1) is 0 Å². The zero-order valence-corrected chi connectivity index (χ0v) is 5.00. The monoisotopic (exact) mass is 173 g/mol. The molecule has 0 bridgehead atoms. The molecule has 3 N–H and O–H groups in total. The Bertz CT molecular complexity index is 41.4. The normalized spacial score (nSPS) is 10.3. The standard InChI is InChI=1S/Co.FH3O4Si/c;1-5-6(2,3)4/h;2-4H. The van der Waals surface area contributed by atoms with E-state index in [2.05, 4.69) is 4.63 Å². The molecule has 0 aliphatic rings. The number of hydrogen-bond donors (Lipinski definition) is 3. The molecule has 1 radical (unpaired) electrons. The van der Waals surface area contributed by atoms with Gasteiger partial charge in [0.05, 0.1) is 0 Å². The van der Waals surface area contributed by atoms with E-state index in [0.29, 0.717) is 0 Å². The van der Waals surface area contributed by atoms with Crippen molar-refractivity contribution in [1.29, 1.82) is 0 Å². The van der Waals surface area contributed by atoms with E-state index < -0.39 is 9.05 Å². The second-order valence-corrected chi connectivity index (χ2v) is 1.95. The van der Waals surface area contributed by atoms with Crippen molar-refractivity contribution in [3.8, 4) is 0 Å². The van der Waals surface area contributed by atoms with E-state index in [9.17, 15) is 4.53 Å². The van der Waals surface area contributed by atoms with Gasteiger partial charge >= 0.3 is 9.05 Å². The van der Waals surface area contributed by atoms with Gasteiger partial charge < -0.3 is 14.4 Å². The first-order chi connectivity index (χ1) is 2.56. The summed E-state index contributed by atoms with van der Waals surface area (Å²) in [5.74, 6) is 0. The minimum Gasteiger partial charge on any atom is -0.366 e. The van der Waals surface area contributed by atoms with E-state index in [4.69, 9.17) is 14.4 Å². The third-order valence-corrected chi connectivity index (χ3v) is 0.311. The minimum atomic E-state index is -4.80. The molecule has 0 heterocycles. The Morgan fingerprint density at radius 1 is 1.29 bits per heavy atom. The first-order valence-corrected chi connectivity index (χ1v) is 2.78. The van der Waals surface area contributed by atoms with Gasteiger partial charge in [-0.1, -0.05) is 4.53 Å². The van der Waals surface area contributed by atoms with E-state index in [-0.39, 0.29) is 16.8 Å². The molecular weight excluding hydrogens is 170 g/mol. The van der Waals surface area contributed by atoms with Crippen LogP contribution in [0.25, 0.3) is 0 Å². The number of halogens is 1. The van der Waals surface area contributed by atoms with Gasteiger partial charge in [-0.3, -0.25) is 0 Å². The SMILES string of the molecule is O[Si](O)(O)OF.[Co]. The molecule has 0 aliphatic heterocycles. The molecule has 0 atom stereocenters. The van der Waals surface area contributed by atoms with Crippen molar-refractivity contribution in [3.63, 3.8) is 0 Å². The summed E-state index contributed by atoms with van der Waals surface area (Å²) in [4.78, 5) is 22.4. The fraction of sp³-hybridized carbons (Fsp3) is 0. The van der Waals surface area contributed by atoms with Crippen LogP contribution >= 0.6 is 0 Å². The first-order valence-electron chi connectivity index (χ1n) is 1.03. The summed E-state index contributed by atoms with van der Waals surface area (Å²) in [6, 6.07) is 0. The predicted octanol–water partition coefficient (Wildman–Crippen LogP) is -1.70. The van der Waals surface area contributed by atoms with Crippen LogP contribution in [-0.2, 0) is 21.4 Å². The molecule has 0 rings (SSSR count). The molecule has 0 fully saturated rings. The average Bonchev–Trinajstić information content (AvgIpc) is 1.35. The third kappa shape index (κ3) is 10.7. The van der Waals surface area contributed by atoms with Gasteiger partial charge in [0, 0.05) is 16.8 Å². The molecule has 0 aromatic heterocycles. The second kappa shape index (κ2) is 3.49. The van der Waals surface area contributed by atoms with Crippen LogP contribution in [0.1, 0.15) is 0 Å². The molecule has 0 saturated carbocycles. The van der Waals surface area contributed by atoms with Crippen molar-refractivity contribution in [2.45, 2.75) is 0 Å². The van der Waals surface area contributed by atoms with Gasteiger partial charge in [0.2, 0.25) is 0 Å². The van der Waals surface area contributed by atoms with Crippen LogP contribution in [0.5, 0.6) is 0 Å². The Hall–Kier alpha value is 0.493. The molecule has 0 aliphatic carbocycles. The summed E-state index contributed by atoms with van der Waals surface area (Å²) in [6.07, 6.45) is 0. The molecule has 0 amide bonds. The summed E-state index contributed by atoms with van der Waals surface area (Å²) in [5, 5.41) is 0. The Morgan fingerprint density at radius 3 is 1.43 bits per heavy atom. The Morgan fingerprint density at radius 2 is 1.43 bits per heavy atom. The summed E-state index contributed by atoms with van der Waals surface area (Å²) >= 11 is 0. The van der Waals surface area contributed by atoms with Crippen LogP contribution in [0.3, 0.4) is 0 Å². The van der Waals surface area contributed by atoms with Crippen LogP contribution in [0.15, 0.2) is 0 Å². The van der Waals surface area contributed by atoms with Crippen LogP contribution in [0.2, 0.25) is 0 Å². The Kier molecular flexibility index (Phi) is 5.22. The van der Waals surface area contributed by atoms with Crippen LogP contribution < -0.4 is 0 Å². The molecule has 47 valence electrons. The molecule has 4 nitrogen and oxygen atoms in total. The van der Waals surface area contributed by atoms with Gasteiger partial charge in [-0.05, 0) is 0 Å². The molecule has 0 spiro atoms. The average molecular weight is 173 g/mol. The summed E-state index contributed by atoms with van der Waals surface area (Å²) in [6.45, 7) is 0. The van der Waals surface area contributed by atoms with Crippen molar-refractivity contribution in [3.05, 3.63) is 0 Å². The number of rotatable bonds is 1. The maximum atomic E-state index is 10.3. The van der Waals surface area contributed by atoms with Crippen molar-refractivity contribution < 1.29 is 40.3 Å². The minimum absolute atomic E-state index is 0. The van der Waals surface area contributed by atoms with Crippen LogP contribution in [0.4, 0.5) is 4.53 Å². The van der Waals surface area contributed by atoms with Crippen molar-refractivity contribution >= 4 is 9.05 Å². The quantitative estimate of drug-likeness (QED) is 0.413. The fourth-order valence-electron chi connectivity index (χ4n) is 0. The van der Waals surface area contributed by atoms with E-state index in [1.54, 1.807) is 0 Å². The van der Waals surface area contributed by atoms with Gasteiger partial charge in [-0.15, -0.1) is 0 Å². The molecular formula is H3CoFO4Si. The van der Waals surface area contributed by atoms with Gasteiger partial charge in [-0.25, -0.2) is 0 Å². The summed E-state index contributed by atoms with van der Waals surface area (Å²) < 4.78 is 12.6. The van der Waals surface area contributed by atoms with Crippen LogP contribution in [-0.4, -0.2) is 23.4 Å². The first kappa shape index (κ1) is 10.5. The zero-order valence-electron chi connectivity index (χ0n) is 2.96. The zero-order chi connectivity index (χ0) is 5.21. The maximum Gasteiger partial charge on any atom is 0.703 e. The van der Waals surface area contributed by atoms with E-state index in [0.717, 1.165) is 0 Å². The molecule has 7 heavy (non-hydrogen) atoms. The van der Waals surface area contributed by atoms with Crippen molar-refractivity contribution in [2.75, 3.05) is 0 Å². The van der Waals surface area contributed by atoms with Gasteiger partial charge in [0.1, 0.15) is 0 Å². The second-order valence-electron chi connectivity index (χ2n) is 0.651. The smallest absolute Gasteiger partial charge is 0.366 e. The number of hydrogen-bond acceptors (Lipinski definition) is 4. The van der Waals surface area contributed by atoms with E-state index >= 15 is 0 Å². The van der Waals surface area contributed by atoms with Gasteiger partial charge in [0.15, 0.2) is 0 Å². The largest absolute Gasteiger partial charge is 0.703 e. The Labute approximate surface area is 50.1 Å². The van der Waals surface area contributed by atoms with Gasteiger partial charge in [-0.2, -0.15) is 4.63 Å². The molecule has 0 aromatic carbocycles. The molecule has 0 aromatic rings. The van der Waals surface area contributed by atoms with Gasteiger partial charge in [0.25, 0.3) is 0 Å². The fourth-order valence-corrected chi connectivity index (χ4v) is 0. The predicted molar refractivity (Wildman–Crippen MR) is 14.6 cm³/mol. The molecule has 0 unspecified atom stereocenters. The Balaban J connectivity index is 0. The summed E-state index contributed by atoms with van der Waals surface area (Å²) in [5.41, 5.74) is 0. The third-order valence-electron chi connectivity index (χ3n) is 0.104. The maximum absolute atomic E-state index is 10.3. The summed E-state index contributed by atoms with van der Waals surface area (Å²) in [7, 11) is -4.80. The van der Waals surface area contributed by atoms with E-state index in [1.807, 2.05) is 0 Å². The van der Waals surface area contributed by atoms with Crippen molar-refractivity contribution in [2.24, 2.45) is 0 Å². The molecule has 0 saturated heterocycles. The van der Waals surface area contributed by atoms with E-state index in [1.165, 1.54) is 0 Å².